The molecule has 0 N–H and O–H groups in total. The van der Waals surface area contributed by atoms with Crippen LogP contribution in [-0.4, -0.2) is 81.2 Å². The summed E-state index contributed by atoms with van der Waals surface area (Å²) in [6, 6.07) is 8.19. The summed E-state index contributed by atoms with van der Waals surface area (Å²) < 4.78 is 18.6. The van der Waals surface area contributed by atoms with Crippen molar-refractivity contribution in [3.8, 4) is 0 Å². The molecule has 1 aliphatic rings. The van der Waals surface area contributed by atoms with Crippen molar-refractivity contribution in [2.75, 3.05) is 41.5 Å². The fraction of sp³-hybridized carbons (Fsp3) is 0.261. The van der Waals surface area contributed by atoms with Crippen LogP contribution in [-0.2, 0) is 38.1 Å². The summed E-state index contributed by atoms with van der Waals surface area (Å²) in [5, 5.41) is 1.50. The van der Waals surface area contributed by atoms with E-state index in [0.29, 0.717) is 11.3 Å². The highest BCUT2D eigenvalue weighted by atomic mass is 32.2. The Morgan fingerprint density at radius 2 is 1.37 bits per heavy atom. The van der Waals surface area contributed by atoms with Crippen LogP contribution in [0.3, 0.4) is 0 Å². The summed E-state index contributed by atoms with van der Waals surface area (Å²) in [4.78, 5) is 63.6. The van der Waals surface area contributed by atoms with Gasteiger partial charge < -0.3 is 18.9 Å². The van der Waals surface area contributed by atoms with E-state index in [9.17, 15) is 24.0 Å². The molecule has 0 unspecified atom stereocenters. The third-order valence-electron chi connectivity index (χ3n) is 4.64. The first kappa shape index (κ1) is 27.2. The largest absolute Gasteiger partial charge is 0.466 e. The molecule has 11 nitrogen and oxygen atoms in total. The van der Waals surface area contributed by atoms with Crippen LogP contribution in [0.4, 0.5) is 4.79 Å². The second-order valence-electron chi connectivity index (χ2n) is 6.64. The number of ether oxygens (including phenoxy) is 4. The Kier molecular flexibility index (Phi) is 10.1. The minimum atomic E-state index is -0.890. The number of nitrogens with zero attached hydrogens (tertiary/aromatic N) is 2. The van der Waals surface area contributed by atoms with Gasteiger partial charge in [-0.05, 0) is 5.56 Å². The van der Waals surface area contributed by atoms with Crippen LogP contribution >= 0.6 is 11.8 Å². The molecule has 0 radical (unpaired) electrons. The van der Waals surface area contributed by atoms with Crippen molar-refractivity contribution in [3.63, 3.8) is 0 Å². The average Bonchev–Trinajstić information content (AvgIpc) is 3.26. The highest BCUT2D eigenvalue weighted by Crippen LogP contribution is 2.31. The zero-order valence-corrected chi connectivity index (χ0v) is 20.3. The molecule has 1 saturated heterocycles. The number of hydrogen-bond acceptors (Lipinski definition) is 10. The number of esters is 4. The second-order valence-corrected chi connectivity index (χ2v) is 7.55. The van der Waals surface area contributed by atoms with Gasteiger partial charge in [-0.1, -0.05) is 42.1 Å². The zero-order valence-electron chi connectivity index (χ0n) is 19.5. The summed E-state index contributed by atoms with van der Waals surface area (Å²) in [6.07, 6.45) is 1.85. The summed E-state index contributed by atoms with van der Waals surface area (Å²) in [7, 11) is 4.60. The van der Waals surface area contributed by atoms with Crippen molar-refractivity contribution in [1.82, 2.24) is 9.80 Å². The van der Waals surface area contributed by atoms with Crippen molar-refractivity contribution in [2.24, 2.45) is 0 Å². The molecule has 186 valence electrons. The van der Waals surface area contributed by atoms with E-state index in [1.165, 1.54) is 24.5 Å². The quantitative estimate of drug-likeness (QED) is 0.279. The van der Waals surface area contributed by atoms with Crippen LogP contribution in [0.2, 0.25) is 0 Å². The number of rotatable bonds is 9. The summed E-state index contributed by atoms with van der Waals surface area (Å²) >= 11 is 0.855. The molecule has 0 aromatic heterocycles. The molecular formula is C23H24N2O9S. The fourth-order valence-corrected chi connectivity index (χ4v) is 3.78. The Balaban J connectivity index is 2.48. The zero-order chi connectivity index (χ0) is 26.0. The van der Waals surface area contributed by atoms with Gasteiger partial charge in [-0.2, -0.15) is 0 Å². The first-order valence-electron chi connectivity index (χ1n) is 10.0. The first-order valence-corrected chi connectivity index (χ1v) is 10.9. The number of hydrogen-bond donors (Lipinski definition) is 0. The summed E-state index contributed by atoms with van der Waals surface area (Å²) in [5.74, 6) is -3.25. The van der Waals surface area contributed by atoms with Gasteiger partial charge in [0.05, 0.1) is 40.2 Å². The molecule has 0 spiro atoms. The smallest absolute Gasteiger partial charge is 0.355 e. The second kappa shape index (κ2) is 13.0. The molecule has 1 aromatic rings. The van der Waals surface area contributed by atoms with Crippen LogP contribution in [0.5, 0.6) is 0 Å². The predicted molar refractivity (Wildman–Crippen MR) is 125 cm³/mol. The third-order valence-corrected chi connectivity index (χ3v) is 5.52. The molecule has 2 amide bonds. The topological polar surface area (TPSA) is 129 Å². The molecule has 0 aliphatic carbocycles. The minimum absolute atomic E-state index is 0.0630. The molecule has 0 bridgehead atoms. The maximum absolute atomic E-state index is 13.3. The molecule has 2 rings (SSSR count). The predicted octanol–water partition coefficient (Wildman–Crippen LogP) is 1.92. The van der Waals surface area contributed by atoms with Crippen LogP contribution in [0, 0.1) is 0 Å². The minimum Gasteiger partial charge on any atom is -0.466 e. The number of amides is 2. The molecular weight excluding hydrogens is 480 g/mol. The molecule has 1 aromatic carbocycles. The molecule has 35 heavy (non-hydrogen) atoms. The average molecular weight is 505 g/mol. The van der Waals surface area contributed by atoms with Crippen LogP contribution < -0.4 is 0 Å². The van der Waals surface area contributed by atoms with Crippen molar-refractivity contribution >= 4 is 47.4 Å². The maximum Gasteiger partial charge on any atom is 0.355 e. The van der Waals surface area contributed by atoms with Gasteiger partial charge in [-0.15, -0.1) is 0 Å². The first-order chi connectivity index (χ1) is 16.8. The molecule has 12 heteroatoms. The Bertz CT molecular complexity index is 1080. The van der Waals surface area contributed by atoms with Crippen LogP contribution in [0.15, 0.2) is 58.5 Å². The van der Waals surface area contributed by atoms with E-state index < -0.39 is 29.9 Å². The van der Waals surface area contributed by atoms with Crippen molar-refractivity contribution in [1.29, 1.82) is 0 Å². The monoisotopic (exact) mass is 504 g/mol. The Morgan fingerprint density at radius 1 is 0.800 bits per heavy atom. The molecule has 1 heterocycles. The lowest BCUT2D eigenvalue weighted by Gasteiger charge is -2.22. The van der Waals surface area contributed by atoms with E-state index >= 15 is 0 Å². The van der Waals surface area contributed by atoms with Gasteiger partial charge in [0.25, 0.3) is 0 Å². The van der Waals surface area contributed by atoms with Gasteiger partial charge in [0, 0.05) is 24.6 Å². The van der Waals surface area contributed by atoms with E-state index in [4.69, 9.17) is 9.47 Å². The summed E-state index contributed by atoms with van der Waals surface area (Å²) in [5.41, 5.74) is 0.715. The van der Waals surface area contributed by atoms with Crippen molar-refractivity contribution in [3.05, 3.63) is 64.1 Å². The number of methoxy groups -OCH3 is 4. The number of carbonyl (C=O) groups excluding carboxylic acids is 5. The normalized spacial score (nSPS) is 14.5. The number of urea groups is 1. The van der Waals surface area contributed by atoms with Gasteiger partial charge in [0.15, 0.2) is 0 Å². The van der Waals surface area contributed by atoms with Gasteiger partial charge in [0.1, 0.15) is 10.6 Å². The molecule has 0 saturated carbocycles. The SMILES string of the molecule is COC(=O)/C=C(/S/C=C(/c1ccccc1)N1CCN(/C(=C/C(=O)OC)C(=O)OC)C1=O)C(=O)OC. The maximum atomic E-state index is 13.3. The van der Waals surface area contributed by atoms with Gasteiger partial charge in [0.2, 0.25) is 0 Å². The number of carbonyl (C=O) groups is 5. The van der Waals surface area contributed by atoms with E-state index in [-0.39, 0.29) is 23.7 Å². The van der Waals surface area contributed by atoms with Gasteiger partial charge >= 0.3 is 29.9 Å². The highest BCUT2D eigenvalue weighted by Gasteiger charge is 2.36. The van der Waals surface area contributed by atoms with Gasteiger partial charge in [-0.25, -0.2) is 24.0 Å². The van der Waals surface area contributed by atoms with E-state index in [1.807, 2.05) is 0 Å². The standard InChI is InChI=1S/C23H24N2O9S/c1-31-19(26)12-16(21(28)33-3)24-10-11-25(23(24)30)17(15-8-6-5-7-9-15)14-35-18(22(29)34-4)13-20(27)32-2/h5-9,12-14H,10-11H2,1-4H3/b16-12+,17-14-,18-13+. The summed E-state index contributed by atoms with van der Waals surface area (Å²) in [6.45, 7) is 0.206. The number of thioether (sulfide) groups is 1. The van der Waals surface area contributed by atoms with E-state index in [2.05, 4.69) is 9.47 Å². The van der Waals surface area contributed by atoms with Crippen molar-refractivity contribution < 1.29 is 42.9 Å². The Labute approximate surface area is 205 Å². The Hall–Kier alpha value is -4.06. The Morgan fingerprint density at radius 3 is 1.94 bits per heavy atom. The molecule has 1 aliphatic heterocycles. The van der Waals surface area contributed by atoms with Crippen molar-refractivity contribution in [2.45, 2.75) is 0 Å². The highest BCUT2D eigenvalue weighted by molar-refractivity contribution is 8.06. The molecule has 1 fully saturated rings. The number of benzene rings is 1. The lowest BCUT2D eigenvalue weighted by molar-refractivity contribution is -0.139. The lowest BCUT2D eigenvalue weighted by Crippen LogP contribution is -2.34. The van der Waals surface area contributed by atoms with Gasteiger partial charge in [-0.3, -0.25) is 9.80 Å². The molecule has 0 atom stereocenters. The fourth-order valence-electron chi connectivity index (χ4n) is 2.93. The van der Waals surface area contributed by atoms with E-state index in [0.717, 1.165) is 43.0 Å². The third kappa shape index (κ3) is 6.96. The van der Waals surface area contributed by atoms with Crippen LogP contribution in [0.25, 0.3) is 5.70 Å². The van der Waals surface area contributed by atoms with Crippen LogP contribution in [0.1, 0.15) is 5.56 Å². The van der Waals surface area contributed by atoms with E-state index in [1.54, 1.807) is 30.3 Å². The lowest BCUT2D eigenvalue weighted by atomic mass is 10.1.